The number of ketones is 1. The molecule has 130 valence electrons. The summed E-state index contributed by atoms with van der Waals surface area (Å²) in [5.41, 5.74) is -0.110. The zero-order valence-corrected chi connectivity index (χ0v) is 14.0. The first kappa shape index (κ1) is 18.3. The van der Waals surface area contributed by atoms with Crippen molar-refractivity contribution in [1.82, 2.24) is 9.78 Å². The van der Waals surface area contributed by atoms with Gasteiger partial charge in [-0.2, -0.15) is 18.3 Å². The minimum absolute atomic E-state index is 0.0717. The standard InChI is InChI=1S/C16H16ClF3N2O2/c1-15(2,3)22-12(7-14(24)16(18,19)20)11(8-21-22)10-6-9(17)4-5-13(10)23/h4-6,8,23H,7H2,1-3H3. The van der Waals surface area contributed by atoms with Crippen molar-refractivity contribution in [2.24, 2.45) is 0 Å². The molecule has 1 aromatic carbocycles. The Morgan fingerprint density at radius 1 is 1.25 bits per heavy atom. The quantitative estimate of drug-likeness (QED) is 0.886. The highest BCUT2D eigenvalue weighted by Crippen LogP contribution is 2.36. The second kappa shape index (κ2) is 6.12. The highest BCUT2D eigenvalue weighted by Gasteiger charge is 2.39. The van der Waals surface area contributed by atoms with Crippen LogP contribution in [0.5, 0.6) is 5.75 Å². The number of rotatable bonds is 3. The molecule has 1 aromatic heterocycles. The molecular weight excluding hydrogens is 345 g/mol. The molecule has 2 rings (SSSR count). The number of phenols is 1. The first-order valence-corrected chi connectivity index (χ1v) is 7.45. The molecule has 0 spiro atoms. The molecule has 0 fully saturated rings. The predicted molar refractivity (Wildman–Crippen MR) is 84.1 cm³/mol. The van der Waals surface area contributed by atoms with E-state index in [4.69, 9.17) is 11.6 Å². The van der Waals surface area contributed by atoms with Crippen molar-refractivity contribution in [3.63, 3.8) is 0 Å². The van der Waals surface area contributed by atoms with Crippen LogP contribution in [0.2, 0.25) is 5.02 Å². The highest BCUT2D eigenvalue weighted by molar-refractivity contribution is 6.31. The second-order valence-corrected chi connectivity index (χ2v) is 6.78. The third kappa shape index (κ3) is 3.72. The van der Waals surface area contributed by atoms with Gasteiger partial charge in [-0.3, -0.25) is 9.48 Å². The van der Waals surface area contributed by atoms with Gasteiger partial charge in [0.05, 0.1) is 23.9 Å². The van der Waals surface area contributed by atoms with Crippen molar-refractivity contribution in [1.29, 1.82) is 0 Å². The van der Waals surface area contributed by atoms with Gasteiger partial charge in [0.1, 0.15) is 5.75 Å². The van der Waals surface area contributed by atoms with Crippen LogP contribution >= 0.6 is 11.6 Å². The fourth-order valence-corrected chi connectivity index (χ4v) is 2.50. The normalized spacial score (nSPS) is 12.5. The smallest absolute Gasteiger partial charge is 0.450 e. The summed E-state index contributed by atoms with van der Waals surface area (Å²) in [6, 6.07) is 4.21. The zero-order valence-electron chi connectivity index (χ0n) is 13.3. The summed E-state index contributed by atoms with van der Waals surface area (Å²) in [4.78, 5) is 11.5. The Labute approximate surface area is 141 Å². The van der Waals surface area contributed by atoms with Gasteiger partial charge < -0.3 is 5.11 Å². The van der Waals surface area contributed by atoms with E-state index >= 15 is 0 Å². The summed E-state index contributed by atoms with van der Waals surface area (Å²) >= 11 is 5.91. The average molecular weight is 361 g/mol. The van der Waals surface area contributed by atoms with Crippen molar-refractivity contribution in [3.05, 3.63) is 35.1 Å². The number of alkyl halides is 3. The van der Waals surface area contributed by atoms with Crippen LogP contribution in [0.1, 0.15) is 26.5 Å². The van der Waals surface area contributed by atoms with E-state index in [2.05, 4.69) is 5.10 Å². The number of carbonyl (C=O) groups is 1. The van der Waals surface area contributed by atoms with Crippen LogP contribution in [-0.4, -0.2) is 26.8 Å². The van der Waals surface area contributed by atoms with E-state index in [9.17, 15) is 23.1 Å². The Bertz CT molecular complexity index is 777. The van der Waals surface area contributed by atoms with E-state index in [0.717, 1.165) is 0 Å². The van der Waals surface area contributed by atoms with E-state index in [1.165, 1.54) is 29.1 Å². The SMILES string of the molecule is CC(C)(C)n1ncc(-c2cc(Cl)ccc2O)c1CC(=O)C(F)(F)F. The number of carbonyl (C=O) groups excluding carboxylic acids is 1. The molecule has 1 heterocycles. The minimum Gasteiger partial charge on any atom is -0.507 e. The number of halogens is 4. The lowest BCUT2D eigenvalue weighted by Gasteiger charge is -2.23. The van der Waals surface area contributed by atoms with Crippen molar-refractivity contribution in [2.45, 2.75) is 38.9 Å². The second-order valence-electron chi connectivity index (χ2n) is 6.35. The first-order valence-electron chi connectivity index (χ1n) is 7.07. The van der Waals surface area contributed by atoms with Gasteiger partial charge in [-0.15, -0.1) is 0 Å². The van der Waals surface area contributed by atoms with Gasteiger partial charge in [0.25, 0.3) is 0 Å². The summed E-state index contributed by atoms with van der Waals surface area (Å²) in [6.07, 6.45) is -4.49. The van der Waals surface area contributed by atoms with Crippen LogP contribution in [0.4, 0.5) is 13.2 Å². The Balaban J connectivity index is 2.63. The lowest BCUT2D eigenvalue weighted by Crippen LogP contribution is -2.30. The Hall–Kier alpha value is -2.02. The minimum atomic E-state index is -4.94. The van der Waals surface area contributed by atoms with Crippen LogP contribution in [0.25, 0.3) is 11.1 Å². The molecule has 0 saturated carbocycles. The van der Waals surface area contributed by atoms with E-state index in [0.29, 0.717) is 5.02 Å². The third-order valence-corrected chi connectivity index (χ3v) is 3.63. The number of Topliss-reactive ketones (excluding diaryl/α,β-unsaturated/α-hetero) is 1. The molecular formula is C16H16ClF3N2O2. The summed E-state index contributed by atoms with van der Waals surface area (Å²) in [6.45, 7) is 5.26. The van der Waals surface area contributed by atoms with Gasteiger partial charge in [0.2, 0.25) is 5.78 Å². The molecule has 8 heteroatoms. The molecule has 4 nitrogen and oxygen atoms in total. The number of aromatic nitrogens is 2. The summed E-state index contributed by atoms with van der Waals surface area (Å²) in [7, 11) is 0. The van der Waals surface area contributed by atoms with Gasteiger partial charge in [-0.25, -0.2) is 0 Å². The fourth-order valence-electron chi connectivity index (χ4n) is 2.32. The summed E-state index contributed by atoms with van der Waals surface area (Å²) in [5.74, 6) is -2.04. The van der Waals surface area contributed by atoms with E-state index in [1.807, 2.05) is 0 Å². The monoisotopic (exact) mass is 360 g/mol. The summed E-state index contributed by atoms with van der Waals surface area (Å²) < 4.78 is 39.4. The molecule has 0 bridgehead atoms. The Morgan fingerprint density at radius 3 is 2.42 bits per heavy atom. The molecule has 0 unspecified atom stereocenters. The molecule has 0 atom stereocenters. The number of hydrogen-bond acceptors (Lipinski definition) is 3. The van der Waals surface area contributed by atoms with Crippen LogP contribution in [-0.2, 0) is 16.8 Å². The summed E-state index contributed by atoms with van der Waals surface area (Å²) in [5, 5.41) is 14.4. The van der Waals surface area contributed by atoms with Crippen molar-refractivity contribution in [3.8, 4) is 16.9 Å². The van der Waals surface area contributed by atoms with Gasteiger partial charge in [0.15, 0.2) is 0 Å². The number of aromatic hydroxyl groups is 1. The van der Waals surface area contributed by atoms with Crippen molar-refractivity contribution >= 4 is 17.4 Å². The maximum Gasteiger partial charge on any atom is 0.450 e. The van der Waals surface area contributed by atoms with Crippen molar-refractivity contribution in [2.75, 3.05) is 0 Å². The molecule has 2 aromatic rings. The topological polar surface area (TPSA) is 55.1 Å². The lowest BCUT2D eigenvalue weighted by molar-refractivity contribution is -0.170. The molecule has 24 heavy (non-hydrogen) atoms. The molecule has 1 N–H and O–H groups in total. The molecule has 0 saturated heterocycles. The van der Waals surface area contributed by atoms with Gasteiger partial charge >= 0.3 is 6.18 Å². The lowest BCUT2D eigenvalue weighted by atomic mass is 10.0. The maximum atomic E-state index is 12.7. The number of benzene rings is 1. The first-order chi connectivity index (χ1) is 10.9. The number of nitrogens with zero attached hydrogens (tertiary/aromatic N) is 2. The van der Waals surface area contributed by atoms with Gasteiger partial charge in [-0.05, 0) is 39.0 Å². The predicted octanol–water partition coefficient (Wildman–Crippen LogP) is 4.34. The van der Waals surface area contributed by atoms with E-state index in [-0.39, 0.29) is 22.6 Å². The largest absolute Gasteiger partial charge is 0.507 e. The van der Waals surface area contributed by atoms with Crippen LogP contribution in [0.15, 0.2) is 24.4 Å². The highest BCUT2D eigenvalue weighted by atomic mass is 35.5. The molecule has 0 amide bonds. The Morgan fingerprint density at radius 2 is 1.88 bits per heavy atom. The molecule has 0 radical (unpaired) electrons. The third-order valence-electron chi connectivity index (χ3n) is 3.40. The Kier molecular flexibility index (Phi) is 4.68. The molecule has 0 aliphatic heterocycles. The van der Waals surface area contributed by atoms with Gasteiger partial charge in [-0.1, -0.05) is 11.6 Å². The number of phenolic OH excluding ortho intramolecular Hbond substituents is 1. The number of hydrogen-bond donors (Lipinski definition) is 1. The van der Waals surface area contributed by atoms with Crippen LogP contribution in [0.3, 0.4) is 0 Å². The average Bonchev–Trinajstić information content (AvgIpc) is 2.84. The van der Waals surface area contributed by atoms with E-state index < -0.39 is 23.9 Å². The maximum absolute atomic E-state index is 12.7. The molecule has 0 aliphatic carbocycles. The van der Waals surface area contributed by atoms with E-state index in [1.54, 1.807) is 20.8 Å². The molecule has 0 aliphatic rings. The van der Waals surface area contributed by atoms with Crippen LogP contribution < -0.4 is 0 Å². The fraction of sp³-hybridized carbons (Fsp3) is 0.375. The van der Waals surface area contributed by atoms with Crippen molar-refractivity contribution < 1.29 is 23.1 Å². The zero-order chi connectivity index (χ0) is 18.3. The van der Waals surface area contributed by atoms with Gasteiger partial charge in [0, 0.05) is 16.1 Å². The van der Waals surface area contributed by atoms with Crippen LogP contribution in [0, 0.1) is 0 Å².